The van der Waals surface area contributed by atoms with Crippen LogP contribution >= 0.6 is 0 Å². The molecule has 0 saturated heterocycles. The van der Waals surface area contributed by atoms with Crippen molar-refractivity contribution in [2.75, 3.05) is 26.0 Å². The average Bonchev–Trinajstić information content (AvgIpc) is 2.64. The van der Waals surface area contributed by atoms with E-state index in [0.29, 0.717) is 18.7 Å². The minimum absolute atomic E-state index is 0.102. The first-order valence-electron chi connectivity index (χ1n) is 8.48. The lowest BCUT2D eigenvalue weighted by molar-refractivity contribution is 0.0953. The topological polar surface area (TPSA) is 78.5 Å². The fraction of sp³-hybridized carbons (Fsp3) is 0.316. The Morgan fingerprint density at radius 2 is 1.81 bits per heavy atom. The molecule has 2 rings (SSSR count). The second-order valence-electron chi connectivity index (χ2n) is 6.13. The summed E-state index contributed by atoms with van der Waals surface area (Å²) in [6, 6.07) is 14.1. The molecule has 2 aromatic carbocycles. The van der Waals surface area contributed by atoms with Crippen LogP contribution in [-0.2, 0) is 16.6 Å². The van der Waals surface area contributed by atoms with Crippen LogP contribution in [0.5, 0.6) is 0 Å². The molecule has 0 bridgehead atoms. The zero-order valence-electron chi connectivity index (χ0n) is 15.3. The third-order valence-electron chi connectivity index (χ3n) is 3.83. The molecular formula is C19H25N3O3S. The molecule has 0 unspecified atom stereocenters. The van der Waals surface area contributed by atoms with E-state index in [2.05, 4.69) is 10.6 Å². The minimum atomic E-state index is -3.46. The van der Waals surface area contributed by atoms with Gasteiger partial charge in [-0.1, -0.05) is 25.1 Å². The first kappa shape index (κ1) is 19.9. The van der Waals surface area contributed by atoms with Crippen molar-refractivity contribution in [3.8, 4) is 0 Å². The van der Waals surface area contributed by atoms with E-state index in [4.69, 9.17) is 0 Å². The van der Waals surface area contributed by atoms with E-state index >= 15 is 0 Å². The van der Waals surface area contributed by atoms with Gasteiger partial charge in [-0.25, -0.2) is 12.7 Å². The molecule has 0 fully saturated rings. The molecule has 0 heterocycles. The molecule has 0 aliphatic rings. The Morgan fingerprint density at radius 1 is 1.08 bits per heavy atom. The van der Waals surface area contributed by atoms with Gasteiger partial charge in [-0.2, -0.15) is 0 Å². The number of amides is 1. The SMILES string of the molecule is CCCNC(=O)c1cccc(NCc2cccc(S(=O)(=O)N(C)C)c2)c1. The maximum atomic E-state index is 12.2. The molecular weight excluding hydrogens is 350 g/mol. The summed E-state index contributed by atoms with van der Waals surface area (Å²) in [7, 11) is -0.438. The quantitative estimate of drug-likeness (QED) is 0.744. The standard InChI is InChI=1S/C19H25N3O3S/c1-4-11-20-19(23)16-8-6-9-17(13-16)21-14-15-7-5-10-18(12-15)26(24,25)22(2)3/h5-10,12-13,21H,4,11,14H2,1-3H3,(H,20,23). The van der Waals surface area contributed by atoms with Crippen LogP contribution in [0.15, 0.2) is 53.4 Å². The fourth-order valence-corrected chi connectivity index (χ4v) is 3.31. The van der Waals surface area contributed by atoms with E-state index in [1.807, 2.05) is 25.1 Å². The van der Waals surface area contributed by atoms with Gasteiger partial charge < -0.3 is 10.6 Å². The van der Waals surface area contributed by atoms with Crippen molar-refractivity contribution < 1.29 is 13.2 Å². The van der Waals surface area contributed by atoms with Gasteiger partial charge in [0.2, 0.25) is 10.0 Å². The Hall–Kier alpha value is -2.38. The Labute approximate surface area is 155 Å². The molecule has 0 aliphatic heterocycles. The van der Waals surface area contributed by atoms with Gasteiger partial charge in [0, 0.05) is 38.4 Å². The van der Waals surface area contributed by atoms with E-state index in [9.17, 15) is 13.2 Å². The lowest BCUT2D eigenvalue weighted by Crippen LogP contribution is -2.23. The van der Waals surface area contributed by atoms with E-state index < -0.39 is 10.0 Å². The predicted molar refractivity (Wildman–Crippen MR) is 104 cm³/mol. The maximum absolute atomic E-state index is 12.2. The molecule has 140 valence electrons. The zero-order valence-corrected chi connectivity index (χ0v) is 16.1. The van der Waals surface area contributed by atoms with Crippen LogP contribution < -0.4 is 10.6 Å². The van der Waals surface area contributed by atoms with Crippen LogP contribution in [0, 0.1) is 0 Å². The summed E-state index contributed by atoms with van der Waals surface area (Å²) in [6.45, 7) is 3.10. The number of hydrogen-bond acceptors (Lipinski definition) is 4. The van der Waals surface area contributed by atoms with E-state index in [1.165, 1.54) is 18.4 Å². The second-order valence-corrected chi connectivity index (χ2v) is 8.28. The van der Waals surface area contributed by atoms with Crippen LogP contribution in [0.1, 0.15) is 29.3 Å². The van der Waals surface area contributed by atoms with Crippen LogP contribution in [0.4, 0.5) is 5.69 Å². The van der Waals surface area contributed by atoms with Gasteiger partial charge in [0.1, 0.15) is 0 Å². The second kappa shape index (κ2) is 8.82. The summed E-state index contributed by atoms with van der Waals surface area (Å²) in [5.41, 5.74) is 2.23. The van der Waals surface area contributed by atoms with Gasteiger partial charge in [-0.05, 0) is 42.3 Å². The van der Waals surface area contributed by atoms with Gasteiger partial charge in [0.05, 0.1) is 4.90 Å². The molecule has 1 amide bonds. The van der Waals surface area contributed by atoms with E-state index in [0.717, 1.165) is 17.7 Å². The van der Waals surface area contributed by atoms with Gasteiger partial charge in [0.15, 0.2) is 0 Å². The van der Waals surface area contributed by atoms with Crippen molar-refractivity contribution >= 4 is 21.6 Å². The van der Waals surface area contributed by atoms with E-state index in [-0.39, 0.29) is 10.8 Å². The highest BCUT2D eigenvalue weighted by Crippen LogP contribution is 2.17. The highest BCUT2D eigenvalue weighted by molar-refractivity contribution is 7.89. The summed E-state index contributed by atoms with van der Waals surface area (Å²) < 4.78 is 25.6. The number of sulfonamides is 1. The summed E-state index contributed by atoms with van der Waals surface area (Å²) in [4.78, 5) is 12.3. The molecule has 2 N–H and O–H groups in total. The van der Waals surface area contributed by atoms with Crippen LogP contribution in [0.25, 0.3) is 0 Å². The molecule has 0 saturated carbocycles. The third-order valence-corrected chi connectivity index (χ3v) is 5.65. The Kier molecular flexibility index (Phi) is 6.76. The van der Waals surface area contributed by atoms with Crippen molar-refractivity contribution in [2.45, 2.75) is 24.8 Å². The van der Waals surface area contributed by atoms with Crippen molar-refractivity contribution in [1.29, 1.82) is 0 Å². The Morgan fingerprint density at radius 3 is 2.50 bits per heavy atom. The maximum Gasteiger partial charge on any atom is 0.251 e. The first-order valence-corrected chi connectivity index (χ1v) is 9.92. The summed E-state index contributed by atoms with van der Waals surface area (Å²) >= 11 is 0. The summed E-state index contributed by atoms with van der Waals surface area (Å²) in [5.74, 6) is -0.102. The first-order chi connectivity index (χ1) is 12.3. The monoisotopic (exact) mass is 375 g/mol. The third kappa shape index (κ3) is 5.06. The fourth-order valence-electron chi connectivity index (χ4n) is 2.34. The molecule has 7 heteroatoms. The number of carbonyl (C=O) groups excluding carboxylic acids is 1. The minimum Gasteiger partial charge on any atom is -0.381 e. The molecule has 26 heavy (non-hydrogen) atoms. The van der Waals surface area contributed by atoms with Crippen molar-refractivity contribution in [3.63, 3.8) is 0 Å². The lowest BCUT2D eigenvalue weighted by atomic mass is 10.1. The largest absolute Gasteiger partial charge is 0.381 e. The Balaban J connectivity index is 2.09. The molecule has 6 nitrogen and oxygen atoms in total. The number of hydrogen-bond donors (Lipinski definition) is 2. The average molecular weight is 375 g/mol. The number of benzene rings is 2. The summed E-state index contributed by atoms with van der Waals surface area (Å²) in [5, 5.41) is 6.08. The number of nitrogens with zero attached hydrogens (tertiary/aromatic N) is 1. The van der Waals surface area contributed by atoms with Gasteiger partial charge in [-0.3, -0.25) is 4.79 Å². The smallest absolute Gasteiger partial charge is 0.251 e. The molecule has 0 spiro atoms. The lowest BCUT2D eigenvalue weighted by Gasteiger charge is -2.13. The van der Waals surface area contributed by atoms with Crippen LogP contribution in [-0.4, -0.2) is 39.3 Å². The zero-order chi connectivity index (χ0) is 19.2. The number of anilines is 1. The number of nitrogens with one attached hydrogen (secondary N) is 2. The molecule has 0 aromatic heterocycles. The van der Waals surface area contributed by atoms with Crippen molar-refractivity contribution in [2.24, 2.45) is 0 Å². The number of rotatable bonds is 8. The van der Waals surface area contributed by atoms with Gasteiger partial charge in [0.25, 0.3) is 5.91 Å². The molecule has 2 aromatic rings. The van der Waals surface area contributed by atoms with Crippen LogP contribution in [0.2, 0.25) is 0 Å². The van der Waals surface area contributed by atoms with Crippen LogP contribution in [0.3, 0.4) is 0 Å². The predicted octanol–water partition coefficient (Wildman–Crippen LogP) is 2.69. The van der Waals surface area contributed by atoms with Crippen molar-refractivity contribution in [3.05, 3.63) is 59.7 Å². The van der Waals surface area contributed by atoms with Crippen molar-refractivity contribution in [1.82, 2.24) is 9.62 Å². The normalized spacial score (nSPS) is 11.4. The highest BCUT2D eigenvalue weighted by Gasteiger charge is 2.17. The Bertz CT molecular complexity index is 864. The molecule has 0 radical (unpaired) electrons. The van der Waals surface area contributed by atoms with E-state index in [1.54, 1.807) is 30.3 Å². The number of carbonyl (C=O) groups is 1. The van der Waals surface area contributed by atoms with Gasteiger partial charge >= 0.3 is 0 Å². The molecule has 0 atom stereocenters. The summed E-state index contributed by atoms with van der Waals surface area (Å²) in [6.07, 6.45) is 0.885. The molecule has 0 aliphatic carbocycles. The highest BCUT2D eigenvalue weighted by atomic mass is 32.2. The van der Waals surface area contributed by atoms with Gasteiger partial charge in [-0.15, -0.1) is 0 Å².